The molecule has 0 aliphatic rings. The zero-order chi connectivity index (χ0) is 17.1. The summed E-state index contributed by atoms with van der Waals surface area (Å²) in [4.78, 5) is 14.6. The Morgan fingerprint density at radius 3 is 2.88 bits per heavy atom. The molecule has 0 fully saturated rings. The Hall–Kier alpha value is -1.82. The summed E-state index contributed by atoms with van der Waals surface area (Å²) in [5.74, 6) is -0.0396. The Morgan fingerprint density at radius 1 is 1.29 bits per heavy atom. The number of benzene rings is 1. The Kier molecular flexibility index (Phi) is 5.23. The fourth-order valence-electron chi connectivity index (χ4n) is 2.64. The van der Waals surface area contributed by atoms with Gasteiger partial charge in [-0.3, -0.25) is 4.79 Å². The van der Waals surface area contributed by atoms with E-state index in [2.05, 4.69) is 16.0 Å². The van der Waals surface area contributed by atoms with Crippen molar-refractivity contribution in [2.75, 3.05) is 27.2 Å². The minimum Gasteiger partial charge on any atom is -0.349 e. The summed E-state index contributed by atoms with van der Waals surface area (Å²) in [6, 6.07) is 11.8. The fourth-order valence-corrected chi connectivity index (χ4v) is 3.67. The van der Waals surface area contributed by atoms with E-state index >= 15 is 0 Å². The number of hydrogen-bond donors (Lipinski definition) is 1. The highest BCUT2D eigenvalue weighted by Gasteiger charge is 2.16. The number of rotatable bonds is 6. The van der Waals surface area contributed by atoms with Crippen LogP contribution < -0.4 is 5.32 Å². The molecule has 0 aliphatic heterocycles. The number of nitrogens with one attached hydrogen (secondary N) is 1. The monoisotopic (exact) mass is 361 g/mol. The fraction of sp³-hybridized carbons (Fsp3) is 0.278. The number of carbonyl (C=O) groups is 1. The van der Waals surface area contributed by atoms with Crippen LogP contribution >= 0.6 is 22.9 Å². The standard InChI is InChI=1S/C18H20ClN3OS/c1-21(2)8-7-20-18(23)16-11-17-15(6-9-24-17)22(16)12-13-4-3-5-14(19)10-13/h3-6,9-11H,7-8,12H2,1-2H3,(H,20,23). The maximum absolute atomic E-state index is 12.6. The molecule has 0 radical (unpaired) electrons. The molecule has 24 heavy (non-hydrogen) atoms. The smallest absolute Gasteiger partial charge is 0.268 e. The molecule has 4 nitrogen and oxygen atoms in total. The minimum absolute atomic E-state index is 0.0396. The minimum atomic E-state index is -0.0396. The number of carbonyl (C=O) groups excluding carboxylic acids is 1. The van der Waals surface area contributed by atoms with Gasteiger partial charge in [0.05, 0.1) is 10.2 Å². The zero-order valence-electron chi connectivity index (χ0n) is 13.8. The van der Waals surface area contributed by atoms with Gasteiger partial charge in [0.15, 0.2) is 0 Å². The molecule has 0 spiro atoms. The van der Waals surface area contributed by atoms with Crippen molar-refractivity contribution in [1.82, 2.24) is 14.8 Å². The van der Waals surface area contributed by atoms with E-state index in [0.717, 1.165) is 22.3 Å². The van der Waals surface area contributed by atoms with Gasteiger partial charge in [0, 0.05) is 24.7 Å². The average molecular weight is 362 g/mol. The van der Waals surface area contributed by atoms with Gasteiger partial charge in [-0.15, -0.1) is 11.3 Å². The molecular formula is C18H20ClN3OS. The molecular weight excluding hydrogens is 342 g/mol. The molecule has 0 saturated heterocycles. The highest BCUT2D eigenvalue weighted by molar-refractivity contribution is 7.17. The van der Waals surface area contributed by atoms with Crippen LogP contribution in [0.5, 0.6) is 0 Å². The molecule has 0 bridgehead atoms. The quantitative estimate of drug-likeness (QED) is 0.727. The van der Waals surface area contributed by atoms with Gasteiger partial charge in [-0.2, -0.15) is 0 Å². The van der Waals surface area contributed by atoms with Crippen molar-refractivity contribution in [3.8, 4) is 0 Å². The van der Waals surface area contributed by atoms with Crippen LogP contribution in [-0.4, -0.2) is 42.6 Å². The van der Waals surface area contributed by atoms with Gasteiger partial charge in [-0.05, 0) is 49.3 Å². The molecule has 1 N–H and O–H groups in total. The normalized spacial score (nSPS) is 11.3. The van der Waals surface area contributed by atoms with Crippen LogP contribution in [0, 0.1) is 0 Å². The third-order valence-corrected chi connectivity index (χ3v) is 4.92. The second-order valence-electron chi connectivity index (χ2n) is 5.97. The number of halogens is 1. The molecule has 1 amide bonds. The highest BCUT2D eigenvalue weighted by Crippen LogP contribution is 2.26. The molecule has 1 aromatic carbocycles. The van der Waals surface area contributed by atoms with Crippen LogP contribution in [0.25, 0.3) is 10.2 Å². The van der Waals surface area contributed by atoms with Crippen LogP contribution in [-0.2, 0) is 6.54 Å². The van der Waals surface area contributed by atoms with Crippen LogP contribution in [0.2, 0.25) is 5.02 Å². The van der Waals surface area contributed by atoms with E-state index in [0.29, 0.717) is 23.8 Å². The Labute approximate surface area is 150 Å². The van der Waals surface area contributed by atoms with Gasteiger partial charge in [-0.1, -0.05) is 23.7 Å². The summed E-state index contributed by atoms with van der Waals surface area (Å²) >= 11 is 7.74. The predicted octanol–water partition coefficient (Wildman–Crippen LogP) is 3.70. The molecule has 2 heterocycles. The first-order valence-corrected chi connectivity index (χ1v) is 9.04. The van der Waals surface area contributed by atoms with Crippen LogP contribution in [0.15, 0.2) is 41.8 Å². The Morgan fingerprint density at radius 2 is 2.12 bits per heavy atom. The molecule has 0 aliphatic carbocycles. The molecule has 0 saturated carbocycles. The summed E-state index contributed by atoms with van der Waals surface area (Å²) in [7, 11) is 3.98. The third kappa shape index (κ3) is 3.80. The van der Waals surface area contributed by atoms with Crippen molar-refractivity contribution in [3.63, 3.8) is 0 Å². The number of hydrogen-bond acceptors (Lipinski definition) is 3. The first kappa shape index (κ1) is 17.0. The second-order valence-corrected chi connectivity index (χ2v) is 7.36. The van der Waals surface area contributed by atoms with E-state index in [1.807, 2.05) is 54.7 Å². The lowest BCUT2D eigenvalue weighted by Crippen LogP contribution is -2.32. The van der Waals surface area contributed by atoms with E-state index < -0.39 is 0 Å². The summed E-state index contributed by atoms with van der Waals surface area (Å²) < 4.78 is 3.18. The van der Waals surface area contributed by atoms with Gasteiger partial charge >= 0.3 is 0 Å². The predicted molar refractivity (Wildman–Crippen MR) is 101 cm³/mol. The average Bonchev–Trinajstić information content (AvgIpc) is 3.09. The number of nitrogens with zero attached hydrogens (tertiary/aromatic N) is 2. The van der Waals surface area contributed by atoms with E-state index in [1.54, 1.807) is 11.3 Å². The van der Waals surface area contributed by atoms with Crippen molar-refractivity contribution in [2.24, 2.45) is 0 Å². The number of likely N-dealkylation sites (N-methyl/N-ethyl adjacent to an activating group) is 1. The van der Waals surface area contributed by atoms with Crippen molar-refractivity contribution < 1.29 is 4.79 Å². The van der Waals surface area contributed by atoms with Gasteiger partial charge in [0.25, 0.3) is 5.91 Å². The van der Waals surface area contributed by atoms with E-state index in [4.69, 9.17) is 11.6 Å². The van der Waals surface area contributed by atoms with Crippen molar-refractivity contribution >= 4 is 39.1 Å². The lowest BCUT2D eigenvalue weighted by Gasteiger charge is -2.13. The van der Waals surface area contributed by atoms with Crippen molar-refractivity contribution in [1.29, 1.82) is 0 Å². The number of fused-ring (bicyclic) bond motifs is 1. The topological polar surface area (TPSA) is 37.3 Å². The molecule has 0 atom stereocenters. The summed E-state index contributed by atoms with van der Waals surface area (Å²) in [6.45, 7) is 2.06. The molecule has 2 aromatic heterocycles. The van der Waals surface area contributed by atoms with Crippen molar-refractivity contribution in [2.45, 2.75) is 6.54 Å². The largest absolute Gasteiger partial charge is 0.349 e. The molecule has 0 unspecified atom stereocenters. The number of aromatic nitrogens is 1. The van der Waals surface area contributed by atoms with E-state index in [9.17, 15) is 4.79 Å². The van der Waals surface area contributed by atoms with Gasteiger partial charge in [0.1, 0.15) is 5.69 Å². The maximum atomic E-state index is 12.6. The zero-order valence-corrected chi connectivity index (χ0v) is 15.3. The Bertz CT molecular complexity index is 853. The molecule has 6 heteroatoms. The number of amides is 1. The molecule has 3 aromatic rings. The SMILES string of the molecule is CN(C)CCNC(=O)c1cc2sccc2n1Cc1cccc(Cl)c1. The lowest BCUT2D eigenvalue weighted by atomic mass is 10.2. The second kappa shape index (κ2) is 7.38. The van der Waals surface area contributed by atoms with Crippen LogP contribution in [0.4, 0.5) is 0 Å². The Balaban J connectivity index is 1.87. The molecule has 3 rings (SSSR count). The van der Waals surface area contributed by atoms with Gasteiger partial charge < -0.3 is 14.8 Å². The lowest BCUT2D eigenvalue weighted by molar-refractivity contribution is 0.0942. The maximum Gasteiger partial charge on any atom is 0.268 e. The number of thiophene rings is 1. The van der Waals surface area contributed by atoms with Crippen LogP contribution in [0.3, 0.4) is 0 Å². The summed E-state index contributed by atoms with van der Waals surface area (Å²) in [5, 5.41) is 5.75. The van der Waals surface area contributed by atoms with Gasteiger partial charge in [-0.25, -0.2) is 0 Å². The third-order valence-electron chi connectivity index (χ3n) is 3.83. The highest BCUT2D eigenvalue weighted by atomic mass is 35.5. The first-order chi connectivity index (χ1) is 11.5. The summed E-state index contributed by atoms with van der Waals surface area (Å²) in [6.07, 6.45) is 0. The van der Waals surface area contributed by atoms with Gasteiger partial charge in [0.2, 0.25) is 0 Å². The van der Waals surface area contributed by atoms with E-state index in [-0.39, 0.29) is 5.91 Å². The molecule has 126 valence electrons. The van der Waals surface area contributed by atoms with Crippen LogP contribution in [0.1, 0.15) is 16.1 Å². The van der Waals surface area contributed by atoms with E-state index in [1.165, 1.54) is 0 Å². The first-order valence-electron chi connectivity index (χ1n) is 7.78. The summed E-state index contributed by atoms with van der Waals surface area (Å²) in [5.41, 5.74) is 2.85. The van der Waals surface area contributed by atoms with Crippen molar-refractivity contribution in [3.05, 3.63) is 58.1 Å².